The molecule has 1 aliphatic heterocycles. The highest BCUT2D eigenvalue weighted by Gasteiger charge is 2.21. The molecule has 19 heavy (non-hydrogen) atoms. The van der Waals surface area contributed by atoms with Gasteiger partial charge in [-0.25, -0.2) is 0 Å². The molecule has 0 radical (unpaired) electrons. The Morgan fingerprint density at radius 3 is 2.05 bits per heavy atom. The fraction of sp³-hybridized carbons (Fsp3) is 0.647. The van der Waals surface area contributed by atoms with Crippen LogP contribution in [0.4, 0.5) is 0 Å². The summed E-state index contributed by atoms with van der Waals surface area (Å²) in [5.74, 6) is 0.766. The average molecular weight is 261 g/mol. The molecular weight excluding hydrogens is 234 g/mol. The molecule has 2 heteroatoms. The van der Waals surface area contributed by atoms with Gasteiger partial charge < -0.3 is 10.1 Å². The van der Waals surface area contributed by atoms with Crippen molar-refractivity contribution in [2.24, 2.45) is 0 Å². The minimum absolute atomic E-state index is 0.509. The van der Waals surface area contributed by atoms with Crippen LogP contribution in [0.1, 0.15) is 50.0 Å². The van der Waals surface area contributed by atoms with Gasteiger partial charge in [0.2, 0.25) is 0 Å². The maximum atomic E-state index is 5.38. The van der Waals surface area contributed by atoms with Gasteiger partial charge in [-0.2, -0.15) is 0 Å². The van der Waals surface area contributed by atoms with Crippen LogP contribution in [-0.2, 0) is 4.74 Å². The van der Waals surface area contributed by atoms with Gasteiger partial charge in [0.15, 0.2) is 0 Å². The van der Waals surface area contributed by atoms with Gasteiger partial charge in [-0.1, -0.05) is 30.3 Å². The minimum atomic E-state index is 0.509. The lowest BCUT2D eigenvalue weighted by Gasteiger charge is -2.27. The van der Waals surface area contributed by atoms with Crippen LogP contribution in [0.3, 0.4) is 0 Å². The Balaban J connectivity index is 0.000000224. The predicted octanol–water partition coefficient (Wildman–Crippen LogP) is 3.73. The van der Waals surface area contributed by atoms with Gasteiger partial charge in [0.1, 0.15) is 0 Å². The zero-order valence-electron chi connectivity index (χ0n) is 12.1. The van der Waals surface area contributed by atoms with E-state index in [0.29, 0.717) is 6.10 Å². The number of nitrogens with one attached hydrogen (secondary N) is 1. The van der Waals surface area contributed by atoms with Crippen LogP contribution in [-0.4, -0.2) is 26.3 Å². The Bertz CT molecular complexity index is 319. The summed E-state index contributed by atoms with van der Waals surface area (Å²) in [6, 6.07) is 10.9. The Morgan fingerprint density at radius 1 is 0.947 bits per heavy atom. The van der Waals surface area contributed by atoms with Gasteiger partial charge in [0.05, 0.1) is 6.10 Å². The molecule has 0 bridgehead atoms. The van der Waals surface area contributed by atoms with Gasteiger partial charge in [0.25, 0.3) is 0 Å². The predicted molar refractivity (Wildman–Crippen MR) is 80.6 cm³/mol. The fourth-order valence-corrected chi connectivity index (χ4v) is 2.98. The van der Waals surface area contributed by atoms with Crippen LogP contribution in [0.5, 0.6) is 0 Å². The summed E-state index contributed by atoms with van der Waals surface area (Å²) < 4.78 is 5.38. The minimum Gasteiger partial charge on any atom is -0.381 e. The standard InChI is InChI=1S/C13H18O.C4H9N/c1-14-13-9-7-12(8-10-13)11-5-3-2-4-6-11;1-2-4-5-3-1/h2-6,12-13H,7-10H2,1H3;5H,1-4H2. The van der Waals surface area contributed by atoms with Gasteiger partial charge in [-0.3, -0.25) is 0 Å². The van der Waals surface area contributed by atoms with E-state index in [1.54, 1.807) is 0 Å². The monoisotopic (exact) mass is 261 g/mol. The third-order valence-corrected chi connectivity index (χ3v) is 4.24. The van der Waals surface area contributed by atoms with E-state index in [1.807, 2.05) is 7.11 Å². The SMILES string of the molecule is C1CCNC1.COC1CCC(c2ccccc2)CC1. The van der Waals surface area contributed by atoms with E-state index in [-0.39, 0.29) is 0 Å². The topological polar surface area (TPSA) is 21.3 Å². The molecule has 0 spiro atoms. The van der Waals surface area contributed by atoms with E-state index in [4.69, 9.17) is 4.74 Å². The number of rotatable bonds is 2. The summed E-state index contributed by atoms with van der Waals surface area (Å²) >= 11 is 0. The highest BCUT2D eigenvalue weighted by Crippen LogP contribution is 2.33. The smallest absolute Gasteiger partial charge is 0.0571 e. The van der Waals surface area contributed by atoms with Crippen LogP contribution >= 0.6 is 0 Å². The second-order valence-corrected chi connectivity index (χ2v) is 5.58. The molecule has 1 aromatic carbocycles. The van der Waals surface area contributed by atoms with Crippen molar-refractivity contribution in [2.75, 3.05) is 20.2 Å². The Labute approximate surface area is 117 Å². The van der Waals surface area contributed by atoms with Gasteiger partial charge in [0, 0.05) is 7.11 Å². The Hall–Kier alpha value is -0.860. The molecule has 1 heterocycles. The number of hydrogen-bond donors (Lipinski definition) is 1. The molecule has 1 saturated carbocycles. The summed E-state index contributed by atoms with van der Waals surface area (Å²) in [5.41, 5.74) is 1.50. The summed E-state index contributed by atoms with van der Waals surface area (Å²) in [7, 11) is 1.83. The summed E-state index contributed by atoms with van der Waals surface area (Å²) in [4.78, 5) is 0. The zero-order valence-corrected chi connectivity index (χ0v) is 12.1. The molecule has 2 aliphatic rings. The van der Waals surface area contributed by atoms with Crippen LogP contribution in [0.15, 0.2) is 30.3 Å². The van der Waals surface area contributed by atoms with E-state index in [1.165, 1.54) is 57.2 Å². The van der Waals surface area contributed by atoms with Crippen LogP contribution in [0.25, 0.3) is 0 Å². The number of methoxy groups -OCH3 is 1. The van der Waals surface area contributed by atoms with E-state index >= 15 is 0 Å². The van der Waals surface area contributed by atoms with E-state index < -0.39 is 0 Å². The number of ether oxygens (including phenoxy) is 1. The molecule has 0 aromatic heterocycles. The first-order valence-corrected chi connectivity index (χ1v) is 7.68. The summed E-state index contributed by atoms with van der Waals surface area (Å²) in [5, 5.41) is 3.22. The average Bonchev–Trinajstić information content (AvgIpc) is 3.08. The second kappa shape index (κ2) is 8.34. The maximum Gasteiger partial charge on any atom is 0.0571 e. The molecule has 1 aliphatic carbocycles. The maximum absolute atomic E-state index is 5.38. The van der Waals surface area contributed by atoms with Crippen molar-refractivity contribution in [2.45, 2.75) is 50.5 Å². The molecule has 1 saturated heterocycles. The van der Waals surface area contributed by atoms with Crippen molar-refractivity contribution in [1.29, 1.82) is 0 Å². The molecular formula is C17H27NO. The first-order valence-electron chi connectivity index (χ1n) is 7.68. The van der Waals surface area contributed by atoms with Crippen LogP contribution < -0.4 is 5.32 Å². The number of benzene rings is 1. The molecule has 1 aromatic rings. The highest BCUT2D eigenvalue weighted by atomic mass is 16.5. The van der Waals surface area contributed by atoms with Crippen molar-refractivity contribution in [3.05, 3.63) is 35.9 Å². The third kappa shape index (κ3) is 4.96. The lowest BCUT2D eigenvalue weighted by molar-refractivity contribution is 0.0659. The van der Waals surface area contributed by atoms with E-state index in [2.05, 4.69) is 35.6 Å². The summed E-state index contributed by atoms with van der Waals surface area (Å²) in [6.07, 6.45) is 8.28. The van der Waals surface area contributed by atoms with Gasteiger partial charge >= 0.3 is 0 Å². The van der Waals surface area contributed by atoms with E-state index in [0.717, 1.165) is 5.92 Å². The molecule has 2 nitrogen and oxygen atoms in total. The molecule has 2 fully saturated rings. The van der Waals surface area contributed by atoms with Gasteiger partial charge in [-0.05, 0) is 63.1 Å². The lowest BCUT2D eigenvalue weighted by Crippen LogP contribution is -2.19. The number of hydrogen-bond acceptors (Lipinski definition) is 2. The molecule has 0 atom stereocenters. The normalized spacial score (nSPS) is 26.6. The van der Waals surface area contributed by atoms with Crippen molar-refractivity contribution in [3.8, 4) is 0 Å². The molecule has 106 valence electrons. The molecule has 3 rings (SSSR count). The first-order chi connectivity index (χ1) is 9.40. The largest absolute Gasteiger partial charge is 0.381 e. The molecule has 0 amide bonds. The van der Waals surface area contributed by atoms with Crippen molar-refractivity contribution >= 4 is 0 Å². The summed E-state index contributed by atoms with van der Waals surface area (Å²) in [6.45, 7) is 2.50. The van der Waals surface area contributed by atoms with Gasteiger partial charge in [-0.15, -0.1) is 0 Å². The Morgan fingerprint density at radius 2 is 1.58 bits per heavy atom. The van der Waals surface area contributed by atoms with Crippen molar-refractivity contribution in [1.82, 2.24) is 5.32 Å². The third-order valence-electron chi connectivity index (χ3n) is 4.24. The zero-order chi connectivity index (χ0) is 13.3. The molecule has 0 unspecified atom stereocenters. The first kappa shape index (κ1) is 14.5. The van der Waals surface area contributed by atoms with Crippen molar-refractivity contribution in [3.63, 3.8) is 0 Å². The lowest BCUT2D eigenvalue weighted by atomic mass is 9.83. The fourth-order valence-electron chi connectivity index (χ4n) is 2.98. The van der Waals surface area contributed by atoms with Crippen LogP contribution in [0, 0.1) is 0 Å². The Kier molecular flexibility index (Phi) is 6.38. The quantitative estimate of drug-likeness (QED) is 0.876. The van der Waals surface area contributed by atoms with E-state index in [9.17, 15) is 0 Å². The van der Waals surface area contributed by atoms with Crippen LogP contribution in [0.2, 0.25) is 0 Å². The highest BCUT2D eigenvalue weighted by molar-refractivity contribution is 5.19. The van der Waals surface area contributed by atoms with Crippen molar-refractivity contribution < 1.29 is 4.74 Å². The second-order valence-electron chi connectivity index (χ2n) is 5.58. The molecule has 1 N–H and O–H groups in total.